The van der Waals surface area contributed by atoms with E-state index in [9.17, 15) is 0 Å². The number of ether oxygens (including phenoxy) is 1. The van der Waals surface area contributed by atoms with E-state index in [2.05, 4.69) is 22.5 Å². The molecule has 1 aliphatic heterocycles. The van der Waals surface area contributed by atoms with Crippen molar-refractivity contribution in [3.05, 3.63) is 24.3 Å². The molecular formula is C18H29N3OS. The summed E-state index contributed by atoms with van der Waals surface area (Å²) in [5.41, 5.74) is 0.948. The topological polar surface area (TPSA) is 36.5 Å². The van der Waals surface area contributed by atoms with Gasteiger partial charge in [-0.15, -0.1) is 0 Å². The quantitative estimate of drug-likeness (QED) is 0.588. The van der Waals surface area contributed by atoms with E-state index in [0.29, 0.717) is 5.11 Å². The van der Waals surface area contributed by atoms with Gasteiger partial charge >= 0.3 is 0 Å². The molecule has 128 valence electrons. The average Bonchev–Trinajstić information content (AvgIpc) is 2.59. The highest BCUT2D eigenvalue weighted by molar-refractivity contribution is 7.80. The van der Waals surface area contributed by atoms with Gasteiger partial charge in [-0.1, -0.05) is 19.4 Å². The molecule has 4 nitrogen and oxygen atoms in total. The number of methoxy groups -OCH3 is 1. The molecule has 0 bridgehead atoms. The summed E-state index contributed by atoms with van der Waals surface area (Å²) < 4.78 is 5.21. The SMILES string of the molecule is CC[C@@H]1CCCCN1CCCNC(=S)Nc1cccc(OC)c1. The van der Waals surface area contributed by atoms with E-state index in [4.69, 9.17) is 17.0 Å². The summed E-state index contributed by atoms with van der Waals surface area (Å²) in [6.45, 7) is 5.62. The molecule has 1 atom stereocenters. The van der Waals surface area contributed by atoms with E-state index in [1.807, 2.05) is 24.3 Å². The van der Waals surface area contributed by atoms with Crippen molar-refractivity contribution in [1.29, 1.82) is 0 Å². The lowest BCUT2D eigenvalue weighted by atomic mass is 10.00. The molecule has 1 heterocycles. The standard InChI is InChI=1S/C18H29N3OS/c1-3-16-9-4-5-12-21(16)13-7-11-19-18(23)20-15-8-6-10-17(14-15)22-2/h6,8,10,14,16H,3-5,7,9,11-13H2,1-2H3,(H2,19,20,23)/t16-/m1/s1. The summed E-state index contributed by atoms with van der Waals surface area (Å²) >= 11 is 5.35. The van der Waals surface area contributed by atoms with Gasteiger partial charge in [0.1, 0.15) is 5.75 Å². The maximum Gasteiger partial charge on any atom is 0.170 e. The van der Waals surface area contributed by atoms with Crippen LogP contribution in [0, 0.1) is 0 Å². The van der Waals surface area contributed by atoms with Gasteiger partial charge in [0, 0.05) is 30.9 Å². The Hall–Kier alpha value is -1.33. The number of hydrogen-bond donors (Lipinski definition) is 2. The van der Waals surface area contributed by atoms with E-state index in [-0.39, 0.29) is 0 Å². The molecular weight excluding hydrogens is 306 g/mol. The zero-order chi connectivity index (χ0) is 16.5. The zero-order valence-electron chi connectivity index (χ0n) is 14.3. The number of thiocarbonyl (C=S) groups is 1. The number of anilines is 1. The minimum Gasteiger partial charge on any atom is -0.497 e. The molecule has 23 heavy (non-hydrogen) atoms. The Labute approximate surface area is 145 Å². The van der Waals surface area contributed by atoms with Crippen LogP contribution in [0.25, 0.3) is 0 Å². The van der Waals surface area contributed by atoms with E-state index < -0.39 is 0 Å². The van der Waals surface area contributed by atoms with Gasteiger partial charge in [0.2, 0.25) is 0 Å². The van der Waals surface area contributed by atoms with Gasteiger partial charge in [0.05, 0.1) is 7.11 Å². The number of hydrogen-bond acceptors (Lipinski definition) is 3. The van der Waals surface area contributed by atoms with Crippen LogP contribution in [-0.4, -0.2) is 42.8 Å². The summed E-state index contributed by atoms with van der Waals surface area (Å²) in [4.78, 5) is 2.64. The first-order chi connectivity index (χ1) is 11.2. The van der Waals surface area contributed by atoms with Crippen molar-refractivity contribution >= 4 is 23.0 Å². The Morgan fingerprint density at radius 1 is 1.39 bits per heavy atom. The van der Waals surface area contributed by atoms with Gasteiger partial charge in [-0.3, -0.25) is 0 Å². The average molecular weight is 336 g/mol. The molecule has 1 saturated heterocycles. The Balaban J connectivity index is 1.66. The van der Waals surface area contributed by atoms with Crippen LogP contribution < -0.4 is 15.4 Å². The van der Waals surface area contributed by atoms with Crippen molar-refractivity contribution in [3.63, 3.8) is 0 Å². The highest BCUT2D eigenvalue weighted by Gasteiger charge is 2.19. The predicted molar refractivity (Wildman–Crippen MR) is 101 cm³/mol. The second-order valence-corrected chi connectivity index (χ2v) is 6.47. The molecule has 0 unspecified atom stereocenters. The first-order valence-corrected chi connectivity index (χ1v) is 9.06. The molecule has 2 N–H and O–H groups in total. The Morgan fingerprint density at radius 2 is 2.26 bits per heavy atom. The third kappa shape index (κ3) is 5.99. The highest BCUT2D eigenvalue weighted by atomic mass is 32.1. The van der Waals surface area contributed by atoms with E-state index in [0.717, 1.165) is 37.0 Å². The molecule has 0 saturated carbocycles. The largest absolute Gasteiger partial charge is 0.497 e. The fraction of sp³-hybridized carbons (Fsp3) is 0.611. The zero-order valence-corrected chi connectivity index (χ0v) is 15.1. The second kappa shape index (κ2) is 9.73. The molecule has 1 aromatic rings. The molecule has 0 aliphatic carbocycles. The molecule has 2 rings (SSSR count). The number of benzene rings is 1. The van der Waals surface area contributed by atoms with Crippen LogP contribution >= 0.6 is 12.2 Å². The van der Waals surface area contributed by atoms with Crippen molar-refractivity contribution in [2.45, 2.75) is 45.1 Å². The first-order valence-electron chi connectivity index (χ1n) is 8.66. The van der Waals surface area contributed by atoms with Crippen molar-refractivity contribution in [2.24, 2.45) is 0 Å². The maximum absolute atomic E-state index is 5.35. The molecule has 0 radical (unpaired) electrons. The lowest BCUT2D eigenvalue weighted by molar-refractivity contribution is 0.143. The third-order valence-corrected chi connectivity index (χ3v) is 4.70. The first kappa shape index (κ1) is 18.0. The Kier molecular flexibility index (Phi) is 7.62. The number of nitrogens with one attached hydrogen (secondary N) is 2. The van der Waals surface area contributed by atoms with Gasteiger partial charge in [-0.2, -0.15) is 0 Å². The highest BCUT2D eigenvalue weighted by Crippen LogP contribution is 2.19. The van der Waals surface area contributed by atoms with Gasteiger partial charge in [0.25, 0.3) is 0 Å². The van der Waals surface area contributed by atoms with Crippen molar-refractivity contribution < 1.29 is 4.74 Å². The third-order valence-electron chi connectivity index (χ3n) is 4.46. The van der Waals surface area contributed by atoms with E-state index >= 15 is 0 Å². The summed E-state index contributed by atoms with van der Waals surface area (Å²) in [5.74, 6) is 0.827. The van der Waals surface area contributed by atoms with Gasteiger partial charge < -0.3 is 20.3 Å². The molecule has 0 aromatic heterocycles. The smallest absolute Gasteiger partial charge is 0.170 e. The Morgan fingerprint density at radius 3 is 3.04 bits per heavy atom. The predicted octanol–water partition coefficient (Wildman–Crippen LogP) is 3.64. The van der Waals surface area contributed by atoms with E-state index in [1.54, 1.807) is 7.11 Å². The maximum atomic E-state index is 5.35. The van der Waals surface area contributed by atoms with Gasteiger partial charge in [-0.25, -0.2) is 0 Å². The lowest BCUT2D eigenvalue weighted by Crippen LogP contribution is -2.40. The van der Waals surface area contributed by atoms with Crippen molar-refractivity contribution in [2.75, 3.05) is 32.1 Å². The molecule has 0 spiro atoms. The van der Waals surface area contributed by atoms with Crippen LogP contribution in [0.3, 0.4) is 0 Å². The number of nitrogens with zero attached hydrogens (tertiary/aromatic N) is 1. The Bertz CT molecular complexity index is 495. The summed E-state index contributed by atoms with van der Waals surface area (Å²) in [5, 5.41) is 7.17. The van der Waals surface area contributed by atoms with Crippen molar-refractivity contribution in [1.82, 2.24) is 10.2 Å². The van der Waals surface area contributed by atoms with Crippen LogP contribution in [0.15, 0.2) is 24.3 Å². The molecule has 1 fully saturated rings. The minimum absolute atomic E-state index is 0.670. The number of likely N-dealkylation sites (tertiary alicyclic amines) is 1. The van der Waals surface area contributed by atoms with Crippen LogP contribution in [-0.2, 0) is 0 Å². The van der Waals surface area contributed by atoms with E-state index in [1.165, 1.54) is 32.2 Å². The van der Waals surface area contributed by atoms with Crippen LogP contribution in [0.5, 0.6) is 5.75 Å². The van der Waals surface area contributed by atoms with Gasteiger partial charge in [0.15, 0.2) is 5.11 Å². The van der Waals surface area contributed by atoms with Crippen LogP contribution in [0.4, 0.5) is 5.69 Å². The molecule has 5 heteroatoms. The summed E-state index contributed by atoms with van der Waals surface area (Å²) in [6, 6.07) is 8.57. The monoisotopic (exact) mass is 335 g/mol. The fourth-order valence-corrected chi connectivity index (χ4v) is 3.40. The van der Waals surface area contributed by atoms with Gasteiger partial charge in [-0.05, 0) is 56.6 Å². The van der Waals surface area contributed by atoms with Crippen LogP contribution in [0.2, 0.25) is 0 Å². The molecule has 0 amide bonds. The number of rotatable bonds is 7. The second-order valence-electron chi connectivity index (χ2n) is 6.06. The lowest BCUT2D eigenvalue weighted by Gasteiger charge is -2.35. The summed E-state index contributed by atoms with van der Waals surface area (Å²) in [6.07, 6.45) is 6.49. The fourth-order valence-electron chi connectivity index (χ4n) is 3.18. The molecule has 1 aromatic carbocycles. The number of piperidine rings is 1. The molecule has 1 aliphatic rings. The minimum atomic E-state index is 0.670. The summed E-state index contributed by atoms with van der Waals surface area (Å²) in [7, 11) is 1.67. The normalized spacial score (nSPS) is 18.4. The van der Waals surface area contributed by atoms with Crippen LogP contribution in [0.1, 0.15) is 39.0 Å². The van der Waals surface area contributed by atoms with Crippen molar-refractivity contribution in [3.8, 4) is 5.75 Å².